The number of aryl methyl sites for hydroxylation is 3. The Bertz CT molecular complexity index is 497. The lowest BCUT2D eigenvalue weighted by Gasteiger charge is -2.09. The fourth-order valence-corrected chi connectivity index (χ4v) is 2.01. The second-order valence-corrected chi connectivity index (χ2v) is 4.57. The van der Waals surface area contributed by atoms with E-state index in [4.69, 9.17) is 0 Å². The van der Waals surface area contributed by atoms with Crippen molar-refractivity contribution in [1.82, 2.24) is 9.55 Å². The monoisotopic (exact) mass is 243 g/mol. The molecule has 1 aromatic carbocycles. The largest absolute Gasteiger partial charge is 0.326 e. The predicted molar refractivity (Wildman–Crippen MR) is 76.4 cm³/mol. The molecule has 2 aromatic rings. The molecule has 1 heterocycles. The molecular formula is C15H21N3. The van der Waals surface area contributed by atoms with E-state index in [-0.39, 0.29) is 0 Å². The molecule has 0 amide bonds. The Kier molecular flexibility index (Phi) is 4.03. The van der Waals surface area contributed by atoms with Crippen molar-refractivity contribution in [1.29, 1.82) is 0 Å². The van der Waals surface area contributed by atoms with Gasteiger partial charge in [-0.25, -0.2) is 4.98 Å². The van der Waals surface area contributed by atoms with Crippen molar-refractivity contribution in [2.75, 3.05) is 5.32 Å². The molecule has 0 aliphatic heterocycles. The fraction of sp³-hybridized carbons (Fsp3) is 0.400. The van der Waals surface area contributed by atoms with Gasteiger partial charge >= 0.3 is 0 Å². The molecule has 0 spiro atoms. The molecule has 1 aromatic heterocycles. The van der Waals surface area contributed by atoms with Crippen LogP contribution in [0.3, 0.4) is 0 Å². The van der Waals surface area contributed by atoms with Crippen LogP contribution in [0.15, 0.2) is 30.5 Å². The van der Waals surface area contributed by atoms with Gasteiger partial charge in [-0.3, -0.25) is 0 Å². The number of nitrogens with one attached hydrogen (secondary N) is 1. The second kappa shape index (κ2) is 5.71. The highest BCUT2D eigenvalue weighted by Crippen LogP contribution is 2.17. The van der Waals surface area contributed by atoms with Gasteiger partial charge in [0.2, 0.25) is 5.95 Å². The molecule has 0 aliphatic carbocycles. The molecule has 0 fully saturated rings. The predicted octanol–water partition coefficient (Wildman–Crippen LogP) is 3.91. The van der Waals surface area contributed by atoms with Gasteiger partial charge in [-0.05, 0) is 37.5 Å². The minimum atomic E-state index is 0.929. The highest BCUT2D eigenvalue weighted by atomic mass is 15.2. The van der Waals surface area contributed by atoms with E-state index < -0.39 is 0 Å². The van der Waals surface area contributed by atoms with Crippen LogP contribution >= 0.6 is 0 Å². The van der Waals surface area contributed by atoms with Gasteiger partial charge in [0.1, 0.15) is 0 Å². The Labute approximate surface area is 109 Å². The van der Waals surface area contributed by atoms with Gasteiger partial charge in [-0.15, -0.1) is 0 Å². The summed E-state index contributed by atoms with van der Waals surface area (Å²) in [5.41, 5.74) is 3.50. The molecule has 3 heteroatoms. The molecule has 0 saturated heterocycles. The van der Waals surface area contributed by atoms with E-state index in [9.17, 15) is 0 Å². The molecule has 0 bridgehead atoms. The molecule has 3 nitrogen and oxygen atoms in total. The maximum atomic E-state index is 4.52. The number of aromatic nitrogens is 2. The molecule has 0 aliphatic rings. The topological polar surface area (TPSA) is 29.9 Å². The zero-order valence-corrected chi connectivity index (χ0v) is 11.4. The van der Waals surface area contributed by atoms with E-state index in [2.05, 4.69) is 59.2 Å². The first-order valence-corrected chi connectivity index (χ1v) is 6.62. The zero-order valence-electron chi connectivity index (χ0n) is 11.4. The van der Waals surface area contributed by atoms with Crippen LogP contribution in [-0.4, -0.2) is 9.55 Å². The number of hydrogen-bond donors (Lipinski definition) is 1. The molecule has 0 atom stereocenters. The summed E-state index contributed by atoms with van der Waals surface area (Å²) in [7, 11) is 0. The van der Waals surface area contributed by atoms with Crippen molar-refractivity contribution in [2.24, 2.45) is 0 Å². The molecule has 0 saturated carbocycles. The smallest absolute Gasteiger partial charge is 0.207 e. The van der Waals surface area contributed by atoms with Crippen molar-refractivity contribution < 1.29 is 0 Å². The highest BCUT2D eigenvalue weighted by molar-refractivity contribution is 5.54. The van der Waals surface area contributed by atoms with E-state index >= 15 is 0 Å². The van der Waals surface area contributed by atoms with E-state index in [1.54, 1.807) is 0 Å². The number of nitrogens with zero attached hydrogens (tertiary/aromatic N) is 2. The van der Waals surface area contributed by atoms with Crippen molar-refractivity contribution >= 4 is 11.6 Å². The van der Waals surface area contributed by atoms with Crippen molar-refractivity contribution in [3.63, 3.8) is 0 Å². The summed E-state index contributed by atoms with van der Waals surface area (Å²) < 4.78 is 2.17. The lowest BCUT2D eigenvalue weighted by Crippen LogP contribution is -2.02. The molecule has 0 radical (unpaired) electrons. The van der Waals surface area contributed by atoms with Gasteiger partial charge in [0.15, 0.2) is 0 Å². The minimum Gasteiger partial charge on any atom is -0.326 e. The van der Waals surface area contributed by atoms with Crippen LogP contribution in [0.4, 0.5) is 11.6 Å². The normalized spacial score (nSPS) is 10.6. The van der Waals surface area contributed by atoms with E-state index in [0.717, 1.165) is 36.7 Å². The SMILES string of the molecule is CCCn1cc(C)nc1Nc1ccc(CC)cc1. The van der Waals surface area contributed by atoms with Crippen molar-refractivity contribution in [2.45, 2.75) is 40.2 Å². The number of rotatable bonds is 5. The van der Waals surface area contributed by atoms with Gasteiger partial charge in [-0.1, -0.05) is 26.0 Å². The molecule has 18 heavy (non-hydrogen) atoms. The summed E-state index contributed by atoms with van der Waals surface area (Å²) in [6.45, 7) is 7.36. The first-order valence-electron chi connectivity index (χ1n) is 6.62. The van der Waals surface area contributed by atoms with Gasteiger partial charge in [-0.2, -0.15) is 0 Å². The Morgan fingerprint density at radius 2 is 1.89 bits per heavy atom. The van der Waals surface area contributed by atoms with E-state index in [0.29, 0.717) is 0 Å². The van der Waals surface area contributed by atoms with Gasteiger partial charge in [0.05, 0.1) is 5.69 Å². The molecule has 0 unspecified atom stereocenters. The molecule has 96 valence electrons. The summed E-state index contributed by atoms with van der Waals surface area (Å²) in [4.78, 5) is 4.52. The zero-order chi connectivity index (χ0) is 13.0. The highest BCUT2D eigenvalue weighted by Gasteiger charge is 2.04. The third-order valence-corrected chi connectivity index (χ3v) is 2.98. The Morgan fingerprint density at radius 3 is 2.50 bits per heavy atom. The number of imidazole rings is 1. The van der Waals surface area contributed by atoms with Crippen LogP contribution in [0, 0.1) is 6.92 Å². The maximum Gasteiger partial charge on any atom is 0.207 e. The van der Waals surface area contributed by atoms with Crippen molar-refractivity contribution in [3.8, 4) is 0 Å². The summed E-state index contributed by atoms with van der Waals surface area (Å²) in [6.07, 6.45) is 4.27. The van der Waals surface area contributed by atoms with Crippen LogP contribution in [0.1, 0.15) is 31.5 Å². The lowest BCUT2D eigenvalue weighted by molar-refractivity contribution is 0.686. The van der Waals surface area contributed by atoms with E-state index in [1.807, 2.05) is 6.92 Å². The van der Waals surface area contributed by atoms with Crippen LogP contribution in [0.25, 0.3) is 0 Å². The molecule has 1 N–H and O–H groups in total. The van der Waals surface area contributed by atoms with Crippen LogP contribution in [0.5, 0.6) is 0 Å². The average Bonchev–Trinajstić information content (AvgIpc) is 2.71. The average molecular weight is 243 g/mol. The van der Waals surface area contributed by atoms with E-state index in [1.165, 1.54) is 5.56 Å². The number of anilines is 2. The standard InChI is InChI=1S/C15H21N3/c1-4-10-18-11-12(3)16-15(18)17-14-8-6-13(5-2)7-9-14/h6-9,11H,4-5,10H2,1-3H3,(H,16,17). The van der Waals surface area contributed by atoms with Gasteiger partial charge in [0, 0.05) is 18.4 Å². The quantitative estimate of drug-likeness (QED) is 0.863. The Morgan fingerprint density at radius 1 is 1.17 bits per heavy atom. The Hall–Kier alpha value is -1.77. The van der Waals surface area contributed by atoms with Crippen LogP contribution in [0.2, 0.25) is 0 Å². The fourth-order valence-electron chi connectivity index (χ4n) is 2.01. The van der Waals surface area contributed by atoms with Crippen LogP contribution in [-0.2, 0) is 13.0 Å². The lowest BCUT2D eigenvalue weighted by atomic mass is 10.1. The summed E-state index contributed by atoms with van der Waals surface area (Å²) in [5, 5.41) is 3.38. The maximum absolute atomic E-state index is 4.52. The summed E-state index contributed by atoms with van der Waals surface area (Å²) in [5.74, 6) is 0.929. The van der Waals surface area contributed by atoms with Gasteiger partial charge < -0.3 is 9.88 Å². The summed E-state index contributed by atoms with van der Waals surface area (Å²) in [6, 6.07) is 8.53. The third kappa shape index (κ3) is 2.92. The number of hydrogen-bond acceptors (Lipinski definition) is 2. The number of benzene rings is 1. The van der Waals surface area contributed by atoms with Gasteiger partial charge in [0.25, 0.3) is 0 Å². The first-order chi connectivity index (χ1) is 8.72. The second-order valence-electron chi connectivity index (χ2n) is 4.57. The van der Waals surface area contributed by atoms with Crippen LogP contribution < -0.4 is 5.32 Å². The third-order valence-electron chi connectivity index (χ3n) is 2.98. The van der Waals surface area contributed by atoms with Crippen molar-refractivity contribution in [3.05, 3.63) is 41.7 Å². The Balaban J connectivity index is 2.16. The first kappa shape index (κ1) is 12.7. The summed E-state index contributed by atoms with van der Waals surface area (Å²) >= 11 is 0. The molecular weight excluding hydrogens is 222 g/mol. The minimum absolute atomic E-state index is 0.929. The molecule has 2 rings (SSSR count).